The summed E-state index contributed by atoms with van der Waals surface area (Å²) in [6.07, 6.45) is 2.62. The van der Waals surface area contributed by atoms with Crippen molar-refractivity contribution in [3.8, 4) is 5.75 Å². The van der Waals surface area contributed by atoms with Gasteiger partial charge in [0.15, 0.2) is 0 Å². The highest BCUT2D eigenvalue weighted by Gasteiger charge is 2.43. The molecule has 0 radical (unpaired) electrons. The maximum atomic E-state index is 5.72. The average molecular weight is 247 g/mol. The van der Waals surface area contributed by atoms with Crippen LogP contribution < -0.4 is 10.1 Å². The summed E-state index contributed by atoms with van der Waals surface area (Å²) in [5.74, 6) is 1.57. The van der Waals surface area contributed by atoms with E-state index in [9.17, 15) is 0 Å². The van der Waals surface area contributed by atoms with Crippen molar-refractivity contribution in [2.24, 2.45) is 5.92 Å². The molecule has 1 aliphatic carbocycles. The van der Waals surface area contributed by atoms with Crippen LogP contribution in [-0.4, -0.2) is 19.7 Å². The van der Waals surface area contributed by atoms with Gasteiger partial charge in [0, 0.05) is 12.0 Å². The molecule has 0 saturated heterocycles. The van der Waals surface area contributed by atoms with Crippen molar-refractivity contribution in [2.45, 2.75) is 39.0 Å². The van der Waals surface area contributed by atoms with Crippen LogP contribution in [0, 0.1) is 5.92 Å². The molecule has 0 atom stereocenters. The van der Waals surface area contributed by atoms with Crippen LogP contribution in [0.2, 0.25) is 0 Å². The zero-order chi connectivity index (χ0) is 13.0. The van der Waals surface area contributed by atoms with E-state index in [0.29, 0.717) is 11.3 Å². The highest BCUT2D eigenvalue weighted by Crippen LogP contribution is 2.47. The molecule has 1 saturated carbocycles. The molecule has 2 nitrogen and oxygen atoms in total. The van der Waals surface area contributed by atoms with E-state index in [-0.39, 0.29) is 0 Å². The van der Waals surface area contributed by atoms with Gasteiger partial charge in [-0.1, -0.05) is 32.9 Å². The molecule has 0 aromatic heterocycles. The van der Waals surface area contributed by atoms with E-state index >= 15 is 0 Å². The fourth-order valence-electron chi connectivity index (χ4n) is 2.25. The van der Waals surface area contributed by atoms with E-state index in [1.807, 2.05) is 0 Å². The predicted octanol–water partition coefficient (Wildman–Crippen LogP) is 3.36. The van der Waals surface area contributed by atoms with Crippen LogP contribution in [-0.2, 0) is 5.41 Å². The summed E-state index contributed by atoms with van der Waals surface area (Å²) in [5.41, 5.74) is 1.87. The third kappa shape index (κ3) is 3.26. The smallest absolute Gasteiger partial charge is 0.119 e. The quantitative estimate of drug-likeness (QED) is 0.797. The minimum atomic E-state index is 0.409. The van der Waals surface area contributed by atoms with E-state index < -0.39 is 0 Å². The third-order valence-corrected chi connectivity index (χ3v) is 3.62. The Kier molecular flexibility index (Phi) is 4.28. The van der Waals surface area contributed by atoms with Gasteiger partial charge in [-0.25, -0.2) is 0 Å². The standard InChI is InChI=1S/C16H25NO/c1-4-17-12-16(9-10-16)14-5-7-15(8-6-14)18-11-13(2)3/h5-8,13,17H,4,9-12H2,1-3H3. The summed E-state index contributed by atoms with van der Waals surface area (Å²) < 4.78 is 5.72. The van der Waals surface area contributed by atoms with E-state index in [1.165, 1.54) is 18.4 Å². The van der Waals surface area contributed by atoms with E-state index in [0.717, 1.165) is 25.4 Å². The van der Waals surface area contributed by atoms with Crippen molar-refractivity contribution < 1.29 is 4.74 Å². The lowest BCUT2D eigenvalue weighted by atomic mass is 9.96. The molecular formula is C16H25NO. The molecular weight excluding hydrogens is 222 g/mol. The van der Waals surface area contributed by atoms with Crippen molar-refractivity contribution in [3.63, 3.8) is 0 Å². The molecule has 100 valence electrons. The molecule has 0 amide bonds. The summed E-state index contributed by atoms with van der Waals surface area (Å²) in [7, 11) is 0. The Balaban J connectivity index is 1.95. The molecule has 0 spiro atoms. The zero-order valence-corrected chi connectivity index (χ0v) is 11.8. The van der Waals surface area contributed by atoms with Crippen molar-refractivity contribution in [1.82, 2.24) is 5.32 Å². The van der Waals surface area contributed by atoms with Gasteiger partial charge in [-0.15, -0.1) is 0 Å². The number of ether oxygens (including phenoxy) is 1. The van der Waals surface area contributed by atoms with Crippen LogP contribution in [0.4, 0.5) is 0 Å². The van der Waals surface area contributed by atoms with Crippen LogP contribution >= 0.6 is 0 Å². The number of rotatable bonds is 7. The van der Waals surface area contributed by atoms with Crippen LogP contribution in [0.1, 0.15) is 39.2 Å². The number of nitrogens with one attached hydrogen (secondary N) is 1. The van der Waals surface area contributed by atoms with Gasteiger partial charge in [0.2, 0.25) is 0 Å². The van der Waals surface area contributed by atoms with Gasteiger partial charge in [0.25, 0.3) is 0 Å². The van der Waals surface area contributed by atoms with Gasteiger partial charge in [-0.05, 0) is 43.0 Å². The normalized spacial score (nSPS) is 16.9. The molecule has 0 aliphatic heterocycles. The predicted molar refractivity (Wildman–Crippen MR) is 76.2 cm³/mol. The third-order valence-electron chi connectivity index (χ3n) is 3.62. The molecule has 2 heteroatoms. The number of hydrogen-bond donors (Lipinski definition) is 1. The van der Waals surface area contributed by atoms with Gasteiger partial charge in [0.05, 0.1) is 6.61 Å². The average Bonchev–Trinajstić information content (AvgIpc) is 3.16. The molecule has 0 unspecified atom stereocenters. The van der Waals surface area contributed by atoms with Crippen molar-refractivity contribution in [1.29, 1.82) is 0 Å². The molecule has 1 fully saturated rings. The monoisotopic (exact) mass is 247 g/mol. The Morgan fingerprint density at radius 3 is 2.39 bits per heavy atom. The number of benzene rings is 1. The first-order chi connectivity index (χ1) is 8.66. The first kappa shape index (κ1) is 13.4. The Labute approximate surface area is 111 Å². The Bertz CT molecular complexity index is 365. The SMILES string of the molecule is CCNCC1(c2ccc(OCC(C)C)cc2)CC1. The number of hydrogen-bond acceptors (Lipinski definition) is 2. The van der Waals surface area contributed by atoms with E-state index in [2.05, 4.69) is 50.4 Å². The van der Waals surface area contributed by atoms with Crippen LogP contribution in [0.5, 0.6) is 5.75 Å². The lowest BCUT2D eigenvalue weighted by molar-refractivity contribution is 0.271. The van der Waals surface area contributed by atoms with Crippen molar-refractivity contribution >= 4 is 0 Å². The Morgan fingerprint density at radius 1 is 1.22 bits per heavy atom. The Hall–Kier alpha value is -1.02. The maximum absolute atomic E-state index is 5.72. The summed E-state index contributed by atoms with van der Waals surface area (Å²) >= 11 is 0. The van der Waals surface area contributed by atoms with Gasteiger partial charge in [-0.3, -0.25) is 0 Å². The van der Waals surface area contributed by atoms with E-state index in [1.54, 1.807) is 0 Å². The molecule has 2 rings (SSSR count). The summed E-state index contributed by atoms with van der Waals surface area (Å²) in [4.78, 5) is 0. The fourth-order valence-corrected chi connectivity index (χ4v) is 2.25. The first-order valence-electron chi connectivity index (χ1n) is 7.10. The summed E-state index contributed by atoms with van der Waals surface area (Å²) in [5, 5.41) is 3.47. The van der Waals surface area contributed by atoms with Crippen molar-refractivity contribution in [3.05, 3.63) is 29.8 Å². The second-order valence-electron chi connectivity index (χ2n) is 5.79. The lowest BCUT2D eigenvalue weighted by Crippen LogP contribution is -2.26. The maximum Gasteiger partial charge on any atom is 0.119 e. The second kappa shape index (κ2) is 5.75. The van der Waals surface area contributed by atoms with Crippen molar-refractivity contribution in [2.75, 3.05) is 19.7 Å². The van der Waals surface area contributed by atoms with E-state index in [4.69, 9.17) is 4.74 Å². The number of likely N-dealkylation sites (N-methyl/N-ethyl adjacent to an activating group) is 1. The zero-order valence-electron chi connectivity index (χ0n) is 11.8. The minimum Gasteiger partial charge on any atom is -0.493 e. The highest BCUT2D eigenvalue weighted by atomic mass is 16.5. The molecule has 18 heavy (non-hydrogen) atoms. The van der Waals surface area contributed by atoms with Crippen LogP contribution in [0.25, 0.3) is 0 Å². The highest BCUT2D eigenvalue weighted by molar-refractivity contribution is 5.36. The Morgan fingerprint density at radius 2 is 1.89 bits per heavy atom. The molecule has 1 aliphatic rings. The lowest BCUT2D eigenvalue weighted by Gasteiger charge is -2.17. The van der Waals surface area contributed by atoms with Crippen LogP contribution in [0.15, 0.2) is 24.3 Å². The second-order valence-corrected chi connectivity index (χ2v) is 5.79. The first-order valence-corrected chi connectivity index (χ1v) is 7.10. The topological polar surface area (TPSA) is 21.3 Å². The van der Waals surface area contributed by atoms with Gasteiger partial charge in [-0.2, -0.15) is 0 Å². The van der Waals surface area contributed by atoms with Crippen LogP contribution in [0.3, 0.4) is 0 Å². The fraction of sp³-hybridized carbons (Fsp3) is 0.625. The summed E-state index contributed by atoms with van der Waals surface area (Å²) in [6, 6.07) is 8.70. The molecule has 1 aromatic carbocycles. The van der Waals surface area contributed by atoms with Gasteiger partial charge < -0.3 is 10.1 Å². The van der Waals surface area contributed by atoms with Gasteiger partial charge in [0.1, 0.15) is 5.75 Å². The van der Waals surface area contributed by atoms with Gasteiger partial charge >= 0.3 is 0 Å². The molecule has 1 aromatic rings. The summed E-state index contributed by atoms with van der Waals surface area (Å²) in [6.45, 7) is 9.46. The molecule has 0 heterocycles. The molecule has 0 bridgehead atoms. The largest absolute Gasteiger partial charge is 0.493 e. The minimum absolute atomic E-state index is 0.409. The molecule has 1 N–H and O–H groups in total.